The number of aromatic amines is 1. The Balaban J connectivity index is 1.51. The topological polar surface area (TPSA) is 104 Å². The maximum absolute atomic E-state index is 13.3. The first-order valence-electron chi connectivity index (χ1n) is 10.2. The highest BCUT2D eigenvalue weighted by Crippen LogP contribution is 2.43. The lowest BCUT2D eigenvalue weighted by molar-refractivity contribution is 0.0190. The summed E-state index contributed by atoms with van der Waals surface area (Å²) in [6.07, 6.45) is 3.96. The Hall–Kier alpha value is -3.00. The fourth-order valence-electron chi connectivity index (χ4n) is 4.43. The van der Waals surface area contributed by atoms with Gasteiger partial charge in [-0.3, -0.25) is 14.4 Å². The second-order valence-electron chi connectivity index (χ2n) is 8.31. The molecule has 2 N–H and O–H groups in total. The van der Waals surface area contributed by atoms with Crippen LogP contribution in [0, 0.1) is 12.3 Å². The summed E-state index contributed by atoms with van der Waals surface area (Å²) in [6.45, 7) is 4.37. The van der Waals surface area contributed by atoms with Crippen molar-refractivity contribution in [3.8, 4) is 0 Å². The molecule has 2 saturated heterocycles. The van der Waals surface area contributed by atoms with E-state index < -0.39 is 5.56 Å². The van der Waals surface area contributed by atoms with Crippen LogP contribution in [0.15, 0.2) is 41.3 Å². The van der Waals surface area contributed by atoms with Crippen molar-refractivity contribution in [2.45, 2.75) is 32.2 Å². The first-order valence-corrected chi connectivity index (χ1v) is 10.2. The van der Waals surface area contributed by atoms with Crippen molar-refractivity contribution >= 4 is 11.8 Å². The number of benzene rings is 1. The van der Waals surface area contributed by atoms with Crippen molar-refractivity contribution in [3.63, 3.8) is 0 Å². The third kappa shape index (κ3) is 4.28. The second kappa shape index (κ2) is 8.39. The number of amides is 2. The number of hydrogen-bond donors (Lipinski definition) is 2. The van der Waals surface area contributed by atoms with Crippen LogP contribution in [0.3, 0.4) is 0 Å². The van der Waals surface area contributed by atoms with E-state index in [1.165, 1.54) is 12.3 Å². The lowest BCUT2D eigenvalue weighted by atomic mass is 9.78. The van der Waals surface area contributed by atoms with Gasteiger partial charge >= 0.3 is 0 Å². The molecule has 0 bridgehead atoms. The Bertz CT molecular complexity index is 979. The molecule has 4 rings (SSSR count). The van der Waals surface area contributed by atoms with Gasteiger partial charge in [0.1, 0.15) is 0 Å². The number of hydrogen-bond acceptors (Lipinski definition) is 5. The number of nitrogens with one attached hydrogen (secondary N) is 2. The van der Waals surface area contributed by atoms with Gasteiger partial charge < -0.3 is 15.0 Å². The van der Waals surface area contributed by atoms with Crippen molar-refractivity contribution in [2.24, 2.45) is 5.41 Å². The number of H-pyrrole nitrogens is 1. The third-order valence-corrected chi connectivity index (χ3v) is 6.15. The van der Waals surface area contributed by atoms with E-state index in [9.17, 15) is 14.4 Å². The van der Waals surface area contributed by atoms with Crippen LogP contribution in [0.2, 0.25) is 0 Å². The molecule has 3 heterocycles. The molecule has 8 nitrogen and oxygen atoms in total. The van der Waals surface area contributed by atoms with Crippen LogP contribution in [0.1, 0.15) is 45.5 Å². The summed E-state index contributed by atoms with van der Waals surface area (Å²) in [4.78, 5) is 39.1. The molecule has 2 aromatic rings. The molecule has 0 aliphatic carbocycles. The molecule has 8 heteroatoms. The highest BCUT2D eigenvalue weighted by atomic mass is 16.5. The van der Waals surface area contributed by atoms with Crippen LogP contribution in [0.5, 0.6) is 0 Å². The molecule has 0 saturated carbocycles. The third-order valence-electron chi connectivity index (χ3n) is 6.15. The highest BCUT2D eigenvalue weighted by molar-refractivity contribution is 5.95. The predicted octanol–water partition coefficient (Wildman–Crippen LogP) is 1.52. The van der Waals surface area contributed by atoms with Gasteiger partial charge in [-0.2, -0.15) is 5.10 Å². The Morgan fingerprint density at radius 3 is 2.67 bits per heavy atom. The molecule has 1 aromatic heterocycles. The Kier molecular flexibility index (Phi) is 5.67. The van der Waals surface area contributed by atoms with Crippen LogP contribution < -0.4 is 10.9 Å². The van der Waals surface area contributed by atoms with Gasteiger partial charge in [0.05, 0.1) is 11.8 Å². The average molecular weight is 410 g/mol. The number of aryl methyl sites for hydroxylation is 1. The fraction of sp³-hybridized carbons (Fsp3) is 0.455. The van der Waals surface area contributed by atoms with Gasteiger partial charge in [-0.05, 0) is 43.7 Å². The number of likely N-dealkylation sites (tertiary alicyclic amines) is 1. The first kappa shape index (κ1) is 20.3. The van der Waals surface area contributed by atoms with E-state index in [4.69, 9.17) is 4.74 Å². The van der Waals surface area contributed by atoms with Crippen LogP contribution in [-0.2, 0) is 4.74 Å². The van der Waals surface area contributed by atoms with E-state index in [1.54, 1.807) is 0 Å². The summed E-state index contributed by atoms with van der Waals surface area (Å²) in [5, 5.41) is 8.80. The molecule has 30 heavy (non-hydrogen) atoms. The molecule has 1 aromatic carbocycles. The summed E-state index contributed by atoms with van der Waals surface area (Å²) in [7, 11) is 0. The van der Waals surface area contributed by atoms with Crippen LogP contribution in [0.4, 0.5) is 0 Å². The van der Waals surface area contributed by atoms with Gasteiger partial charge in [-0.15, -0.1) is 0 Å². The van der Waals surface area contributed by atoms with Gasteiger partial charge in [0, 0.05) is 44.0 Å². The fourth-order valence-corrected chi connectivity index (χ4v) is 4.43. The molecular weight excluding hydrogens is 384 g/mol. The molecule has 2 aliphatic rings. The molecule has 1 spiro atoms. The summed E-state index contributed by atoms with van der Waals surface area (Å²) in [6, 6.07) is 8.67. The molecule has 2 amide bonds. The van der Waals surface area contributed by atoms with Crippen LogP contribution in [0.25, 0.3) is 0 Å². The summed E-state index contributed by atoms with van der Waals surface area (Å²) >= 11 is 0. The Morgan fingerprint density at radius 1 is 1.23 bits per heavy atom. The number of carbonyl (C=O) groups excluding carboxylic acids is 2. The SMILES string of the molecule is Cc1ccc(C(=O)N2CC3(CCOCC3)CC2CNC(=O)c2cn[nH]c(=O)c2)cc1. The number of aromatic nitrogens is 2. The van der Waals surface area contributed by atoms with Crippen molar-refractivity contribution in [3.05, 3.63) is 63.6 Å². The van der Waals surface area contributed by atoms with Gasteiger partial charge in [-0.1, -0.05) is 17.7 Å². The normalized spacial score (nSPS) is 20.3. The Morgan fingerprint density at radius 2 is 1.97 bits per heavy atom. The standard InChI is InChI=1S/C22H26N4O4/c1-15-2-4-16(5-3-15)21(29)26-14-22(6-8-30-9-7-22)11-18(26)13-23-20(28)17-10-19(27)25-24-12-17/h2-5,10,12,18H,6-9,11,13-14H2,1H3,(H,23,28)(H,25,27). The summed E-state index contributed by atoms with van der Waals surface area (Å²) < 4.78 is 5.54. The number of rotatable bonds is 4. The van der Waals surface area contributed by atoms with Gasteiger partial charge in [0.15, 0.2) is 0 Å². The molecule has 0 radical (unpaired) electrons. The van der Waals surface area contributed by atoms with Crippen molar-refractivity contribution in [1.29, 1.82) is 0 Å². The largest absolute Gasteiger partial charge is 0.381 e. The van der Waals surface area contributed by atoms with E-state index in [2.05, 4.69) is 15.5 Å². The maximum Gasteiger partial charge on any atom is 0.264 e. The number of ether oxygens (including phenoxy) is 1. The summed E-state index contributed by atoms with van der Waals surface area (Å²) in [5.74, 6) is -0.389. The van der Waals surface area contributed by atoms with Crippen LogP contribution in [-0.4, -0.2) is 59.3 Å². The molecule has 1 unspecified atom stereocenters. The van der Waals surface area contributed by atoms with Gasteiger partial charge in [0.2, 0.25) is 0 Å². The monoisotopic (exact) mass is 410 g/mol. The lowest BCUT2D eigenvalue weighted by Crippen LogP contribution is -2.43. The van der Waals surface area contributed by atoms with Gasteiger partial charge in [-0.25, -0.2) is 5.10 Å². The zero-order valence-electron chi connectivity index (χ0n) is 17.0. The van der Waals surface area contributed by atoms with Crippen molar-refractivity contribution < 1.29 is 14.3 Å². The molecule has 2 aliphatic heterocycles. The second-order valence-corrected chi connectivity index (χ2v) is 8.31. The quantitative estimate of drug-likeness (QED) is 0.795. The number of carbonyl (C=O) groups is 2. The van der Waals surface area contributed by atoms with E-state index >= 15 is 0 Å². The first-order chi connectivity index (χ1) is 14.5. The lowest BCUT2D eigenvalue weighted by Gasteiger charge is -2.33. The zero-order chi connectivity index (χ0) is 21.1. The maximum atomic E-state index is 13.3. The smallest absolute Gasteiger partial charge is 0.264 e. The van der Waals surface area contributed by atoms with E-state index in [0.717, 1.165) is 24.8 Å². The van der Waals surface area contributed by atoms with E-state index in [-0.39, 0.29) is 28.8 Å². The van der Waals surface area contributed by atoms with E-state index in [1.807, 2.05) is 36.1 Å². The summed E-state index contributed by atoms with van der Waals surface area (Å²) in [5.41, 5.74) is 1.55. The average Bonchev–Trinajstić information content (AvgIpc) is 3.10. The molecule has 2 fully saturated rings. The van der Waals surface area contributed by atoms with Crippen LogP contribution >= 0.6 is 0 Å². The zero-order valence-corrected chi connectivity index (χ0v) is 17.0. The molecule has 158 valence electrons. The van der Waals surface area contributed by atoms with Crippen molar-refractivity contribution in [1.82, 2.24) is 20.4 Å². The van der Waals surface area contributed by atoms with Crippen molar-refractivity contribution in [2.75, 3.05) is 26.3 Å². The van der Waals surface area contributed by atoms with E-state index in [0.29, 0.717) is 31.9 Å². The predicted molar refractivity (Wildman–Crippen MR) is 110 cm³/mol. The van der Waals surface area contributed by atoms with Gasteiger partial charge in [0.25, 0.3) is 17.4 Å². The minimum absolute atomic E-state index is 0.0181. The molecular formula is C22H26N4O4. The molecule has 1 atom stereocenters. The minimum Gasteiger partial charge on any atom is -0.381 e. The highest BCUT2D eigenvalue weighted by Gasteiger charge is 2.46. The minimum atomic E-state index is -0.430. The number of nitrogens with zero attached hydrogens (tertiary/aromatic N) is 2. The Labute approximate surface area is 174 Å².